The maximum Gasteiger partial charge on any atom is 0.351 e. The SMILES string of the molecule is C1=c2ccccc2=[O+]C1. The molecule has 0 saturated carbocycles. The first-order valence-corrected chi connectivity index (χ1v) is 3.02. The van der Waals surface area contributed by atoms with Crippen molar-refractivity contribution in [3.05, 3.63) is 39.3 Å². The molecule has 1 aliphatic rings. The van der Waals surface area contributed by atoms with E-state index in [0.717, 1.165) is 12.0 Å². The average Bonchev–Trinajstić information content (AvgIpc) is 2.33. The van der Waals surface area contributed by atoms with E-state index in [1.807, 2.05) is 18.2 Å². The Labute approximate surface area is 52.9 Å². The van der Waals surface area contributed by atoms with E-state index in [4.69, 9.17) is 4.42 Å². The van der Waals surface area contributed by atoms with Crippen molar-refractivity contribution in [3.63, 3.8) is 0 Å². The fraction of sp³-hybridized carbons (Fsp3) is 0.125. The van der Waals surface area contributed by atoms with E-state index in [0.29, 0.717) is 0 Å². The van der Waals surface area contributed by atoms with Crippen molar-refractivity contribution in [1.29, 1.82) is 0 Å². The molecule has 0 unspecified atom stereocenters. The molecule has 0 atom stereocenters. The lowest BCUT2D eigenvalue weighted by molar-refractivity contribution is 1.46. The van der Waals surface area contributed by atoms with Crippen LogP contribution >= 0.6 is 0 Å². The summed E-state index contributed by atoms with van der Waals surface area (Å²) in [6, 6.07) is 8.04. The van der Waals surface area contributed by atoms with Crippen molar-refractivity contribution in [3.8, 4) is 0 Å². The lowest BCUT2D eigenvalue weighted by Crippen LogP contribution is -2.19. The summed E-state index contributed by atoms with van der Waals surface area (Å²) in [6.07, 6.45) is 2.08. The molecule has 1 aromatic carbocycles. The van der Waals surface area contributed by atoms with Crippen LogP contribution in [-0.2, 0) is 0 Å². The maximum absolute atomic E-state index is 5.24. The zero-order valence-electron chi connectivity index (χ0n) is 5.00. The van der Waals surface area contributed by atoms with Gasteiger partial charge in [-0.05, 0) is 6.07 Å². The van der Waals surface area contributed by atoms with Crippen LogP contribution in [-0.4, -0.2) is 6.61 Å². The first kappa shape index (κ1) is 4.74. The molecule has 0 fully saturated rings. The molecule has 44 valence electrons. The van der Waals surface area contributed by atoms with E-state index in [1.165, 1.54) is 5.22 Å². The minimum Gasteiger partial charge on any atom is -0.250 e. The molecule has 1 heterocycles. The zero-order valence-corrected chi connectivity index (χ0v) is 5.00. The quantitative estimate of drug-likeness (QED) is 0.429. The highest BCUT2D eigenvalue weighted by Gasteiger charge is 2.02. The lowest BCUT2D eigenvalue weighted by atomic mass is 10.3. The van der Waals surface area contributed by atoms with E-state index in [2.05, 4.69) is 12.1 Å². The van der Waals surface area contributed by atoms with Gasteiger partial charge in [-0.2, -0.15) is 0 Å². The van der Waals surface area contributed by atoms with Crippen molar-refractivity contribution < 1.29 is 0 Å². The van der Waals surface area contributed by atoms with Crippen molar-refractivity contribution in [2.24, 2.45) is 0 Å². The molecule has 0 spiro atoms. The third-order valence-electron chi connectivity index (χ3n) is 1.46. The summed E-state index contributed by atoms with van der Waals surface area (Å²) in [5.74, 6) is 0. The Bertz CT molecular complexity index is 292. The molecular formula is C8H7O+. The zero-order chi connectivity index (χ0) is 6.10. The smallest absolute Gasteiger partial charge is 0.250 e. The van der Waals surface area contributed by atoms with Crippen LogP contribution in [0.3, 0.4) is 0 Å². The van der Waals surface area contributed by atoms with Crippen LogP contribution in [0.5, 0.6) is 0 Å². The Hall–Kier alpha value is -1.11. The van der Waals surface area contributed by atoms with E-state index in [1.54, 1.807) is 0 Å². The number of rotatable bonds is 0. The Kier molecular flexibility index (Phi) is 0.890. The molecule has 0 aliphatic carbocycles. The average molecular weight is 119 g/mol. The normalized spacial score (nSPS) is 13.8. The van der Waals surface area contributed by atoms with Crippen LogP contribution in [0.1, 0.15) is 0 Å². The summed E-state index contributed by atoms with van der Waals surface area (Å²) >= 11 is 0. The largest absolute Gasteiger partial charge is 0.351 e. The lowest BCUT2D eigenvalue weighted by Gasteiger charge is -1.69. The molecule has 2 rings (SSSR count). The van der Waals surface area contributed by atoms with Crippen molar-refractivity contribution in [2.45, 2.75) is 0 Å². The molecular weight excluding hydrogens is 112 g/mol. The Morgan fingerprint density at radius 2 is 2.11 bits per heavy atom. The van der Waals surface area contributed by atoms with Crippen LogP contribution in [0.15, 0.2) is 28.7 Å². The first-order chi connectivity index (χ1) is 4.47. The van der Waals surface area contributed by atoms with E-state index < -0.39 is 0 Å². The van der Waals surface area contributed by atoms with Crippen molar-refractivity contribution in [1.82, 2.24) is 0 Å². The number of fused-ring (bicyclic) bond motifs is 1. The molecule has 0 radical (unpaired) electrons. The van der Waals surface area contributed by atoms with Crippen molar-refractivity contribution >= 4 is 6.08 Å². The van der Waals surface area contributed by atoms with E-state index in [-0.39, 0.29) is 0 Å². The van der Waals surface area contributed by atoms with Gasteiger partial charge in [0.2, 0.25) is 0 Å². The highest BCUT2D eigenvalue weighted by atomic mass is 16.4. The summed E-state index contributed by atoms with van der Waals surface area (Å²) in [6.45, 7) is 0.735. The molecule has 0 amide bonds. The van der Waals surface area contributed by atoms with Gasteiger partial charge in [-0.1, -0.05) is 12.1 Å². The molecule has 9 heavy (non-hydrogen) atoms. The van der Waals surface area contributed by atoms with Gasteiger partial charge >= 0.3 is 5.43 Å². The Morgan fingerprint density at radius 1 is 1.22 bits per heavy atom. The van der Waals surface area contributed by atoms with Gasteiger partial charge < -0.3 is 0 Å². The maximum atomic E-state index is 5.24. The fourth-order valence-corrected chi connectivity index (χ4v) is 1.00. The Morgan fingerprint density at radius 3 is 3.00 bits per heavy atom. The standard InChI is InChI=1S/C8H7O/c1-2-4-8-7(3-1)5-6-9-8/h1-5H,6H2/q+1. The summed E-state index contributed by atoms with van der Waals surface area (Å²) < 4.78 is 5.24. The van der Waals surface area contributed by atoms with E-state index >= 15 is 0 Å². The third-order valence-corrected chi connectivity index (χ3v) is 1.46. The number of hydrogen-bond acceptors (Lipinski definition) is 0. The van der Waals surface area contributed by atoms with Crippen LogP contribution in [0, 0.1) is 0 Å². The second-order valence-electron chi connectivity index (χ2n) is 2.05. The van der Waals surface area contributed by atoms with Crippen LogP contribution in [0.25, 0.3) is 6.08 Å². The third kappa shape index (κ3) is 0.653. The minimum atomic E-state index is 0.735. The van der Waals surface area contributed by atoms with Gasteiger partial charge in [0, 0.05) is 12.1 Å². The Balaban J connectivity index is 2.97. The van der Waals surface area contributed by atoms with Crippen molar-refractivity contribution in [2.75, 3.05) is 6.61 Å². The second kappa shape index (κ2) is 1.69. The summed E-state index contributed by atoms with van der Waals surface area (Å²) in [5.41, 5.74) is 1.01. The predicted octanol–water partition coefficient (Wildman–Crippen LogP) is 0.0955. The van der Waals surface area contributed by atoms with Gasteiger partial charge in [0.1, 0.15) is 0 Å². The van der Waals surface area contributed by atoms with Gasteiger partial charge in [-0.25, -0.2) is 4.42 Å². The van der Waals surface area contributed by atoms with Gasteiger partial charge in [0.05, 0.1) is 5.22 Å². The molecule has 1 heteroatoms. The number of hydrogen-bond donors (Lipinski definition) is 0. The summed E-state index contributed by atoms with van der Waals surface area (Å²) in [5, 5.41) is 1.22. The topological polar surface area (TPSA) is 11.3 Å². The van der Waals surface area contributed by atoms with Gasteiger partial charge in [0.25, 0.3) is 6.61 Å². The van der Waals surface area contributed by atoms with E-state index in [9.17, 15) is 0 Å². The minimum absolute atomic E-state index is 0.735. The highest BCUT2D eigenvalue weighted by molar-refractivity contribution is 5.32. The van der Waals surface area contributed by atoms with Gasteiger partial charge in [-0.15, -0.1) is 0 Å². The number of para-hydroxylation sites is 1. The van der Waals surface area contributed by atoms with Gasteiger partial charge in [0.15, 0.2) is 0 Å². The van der Waals surface area contributed by atoms with Gasteiger partial charge in [-0.3, -0.25) is 0 Å². The molecule has 1 nitrogen and oxygen atoms in total. The second-order valence-corrected chi connectivity index (χ2v) is 2.05. The van der Waals surface area contributed by atoms with Crippen LogP contribution in [0.4, 0.5) is 0 Å². The van der Waals surface area contributed by atoms with Crippen LogP contribution < -0.4 is 10.6 Å². The first-order valence-electron chi connectivity index (χ1n) is 3.02. The number of benzene rings is 1. The summed E-state index contributed by atoms with van der Waals surface area (Å²) in [7, 11) is 0. The molecule has 0 saturated heterocycles. The molecule has 1 aromatic rings. The summed E-state index contributed by atoms with van der Waals surface area (Å²) in [4.78, 5) is 0. The highest BCUT2D eigenvalue weighted by Crippen LogP contribution is 1.78. The van der Waals surface area contributed by atoms with Crippen LogP contribution in [0.2, 0.25) is 0 Å². The molecule has 0 bridgehead atoms. The monoisotopic (exact) mass is 119 g/mol. The molecule has 0 aromatic heterocycles. The predicted molar refractivity (Wildman–Crippen MR) is 37.3 cm³/mol. The molecule has 1 aliphatic heterocycles. The molecule has 0 N–H and O–H groups in total. The fourth-order valence-electron chi connectivity index (χ4n) is 1.00.